The van der Waals surface area contributed by atoms with Gasteiger partial charge in [-0.25, -0.2) is 8.42 Å². The lowest BCUT2D eigenvalue weighted by Crippen LogP contribution is -2.52. The van der Waals surface area contributed by atoms with Crippen LogP contribution >= 0.6 is 23.2 Å². The molecule has 3 aromatic rings. The number of carbonyl (C=O) groups is 2. The maximum absolute atomic E-state index is 13.9. The van der Waals surface area contributed by atoms with E-state index >= 15 is 0 Å². The number of halogens is 2. The minimum atomic E-state index is -3.65. The van der Waals surface area contributed by atoms with Crippen LogP contribution in [0.3, 0.4) is 0 Å². The Bertz CT molecular complexity index is 1450. The molecule has 226 valence electrons. The van der Waals surface area contributed by atoms with Gasteiger partial charge in [0.25, 0.3) is 0 Å². The molecule has 0 aliphatic heterocycles. The number of hydrogen-bond acceptors (Lipinski definition) is 5. The van der Waals surface area contributed by atoms with Gasteiger partial charge in [-0.3, -0.25) is 13.9 Å². The van der Waals surface area contributed by atoms with Crippen molar-refractivity contribution in [2.75, 3.05) is 24.2 Å². The monoisotopic (exact) mass is 633 g/mol. The van der Waals surface area contributed by atoms with Crippen molar-refractivity contribution in [2.45, 2.75) is 51.7 Å². The predicted molar refractivity (Wildman–Crippen MR) is 169 cm³/mol. The third-order valence-electron chi connectivity index (χ3n) is 6.59. The van der Waals surface area contributed by atoms with Gasteiger partial charge in [0.2, 0.25) is 21.8 Å². The number of ether oxygens (including phenoxy) is 1. The van der Waals surface area contributed by atoms with Crippen LogP contribution in [0.25, 0.3) is 0 Å². The summed E-state index contributed by atoms with van der Waals surface area (Å²) < 4.78 is 31.8. The molecule has 2 amide bonds. The molecule has 0 aromatic heterocycles. The summed E-state index contributed by atoms with van der Waals surface area (Å²) in [6, 6.07) is 20.2. The molecule has 0 heterocycles. The number of nitrogens with one attached hydrogen (secondary N) is 1. The van der Waals surface area contributed by atoms with Crippen LogP contribution in [0.4, 0.5) is 5.69 Å². The fourth-order valence-corrected chi connectivity index (χ4v) is 6.03. The smallest absolute Gasteiger partial charge is 0.243 e. The van der Waals surface area contributed by atoms with Crippen molar-refractivity contribution < 1.29 is 22.7 Å². The molecule has 3 aromatic carbocycles. The Morgan fingerprint density at radius 2 is 1.60 bits per heavy atom. The van der Waals surface area contributed by atoms with E-state index in [0.29, 0.717) is 27.0 Å². The summed E-state index contributed by atoms with van der Waals surface area (Å²) in [5.41, 5.74) is 1.84. The van der Waals surface area contributed by atoms with Crippen molar-refractivity contribution in [2.24, 2.45) is 0 Å². The minimum Gasteiger partial charge on any atom is -0.497 e. The zero-order valence-electron chi connectivity index (χ0n) is 24.2. The number of hydrogen-bond donors (Lipinski definition) is 1. The lowest BCUT2D eigenvalue weighted by molar-refractivity contribution is -0.141. The van der Waals surface area contributed by atoms with E-state index in [0.717, 1.165) is 11.8 Å². The first kappa shape index (κ1) is 33.2. The van der Waals surface area contributed by atoms with Gasteiger partial charge in [0.15, 0.2) is 0 Å². The Hall–Kier alpha value is -3.27. The first-order valence-corrected chi connectivity index (χ1v) is 16.2. The van der Waals surface area contributed by atoms with Crippen LogP contribution in [0, 0.1) is 0 Å². The Morgan fingerprint density at radius 1 is 0.952 bits per heavy atom. The average Bonchev–Trinajstić information content (AvgIpc) is 2.93. The molecule has 1 N–H and O–H groups in total. The van der Waals surface area contributed by atoms with Crippen LogP contribution in [0.1, 0.15) is 37.8 Å². The fourth-order valence-electron chi connectivity index (χ4n) is 4.56. The standard InChI is InChI=1S/C31H37Cl2N3O5S/c1-22(2)34-31(38)29(19-23-11-6-5-7-12-23)35(21-26-27(32)15-9-16-28(26)33)30(37)17-10-18-36(42(4,39)40)24-13-8-14-25(20-24)41-3/h5-9,11-16,20,22,29H,10,17-19,21H2,1-4H3,(H,34,38)/t29-/m0/s1. The molecule has 0 saturated heterocycles. The van der Waals surface area contributed by atoms with Gasteiger partial charge in [0.1, 0.15) is 11.8 Å². The van der Waals surface area contributed by atoms with E-state index in [1.807, 2.05) is 44.2 Å². The van der Waals surface area contributed by atoms with Gasteiger partial charge in [-0.05, 0) is 50.1 Å². The second kappa shape index (κ2) is 15.3. The van der Waals surface area contributed by atoms with Crippen LogP contribution < -0.4 is 14.4 Å². The first-order chi connectivity index (χ1) is 19.9. The van der Waals surface area contributed by atoms with E-state index in [9.17, 15) is 18.0 Å². The van der Waals surface area contributed by atoms with E-state index in [4.69, 9.17) is 27.9 Å². The van der Waals surface area contributed by atoms with Gasteiger partial charge in [-0.15, -0.1) is 0 Å². The highest BCUT2D eigenvalue weighted by molar-refractivity contribution is 7.92. The van der Waals surface area contributed by atoms with E-state index in [1.54, 1.807) is 42.5 Å². The number of benzene rings is 3. The Balaban J connectivity index is 1.93. The van der Waals surface area contributed by atoms with Gasteiger partial charge < -0.3 is 15.0 Å². The summed E-state index contributed by atoms with van der Waals surface area (Å²) >= 11 is 13.0. The lowest BCUT2D eigenvalue weighted by atomic mass is 10.0. The summed E-state index contributed by atoms with van der Waals surface area (Å²) in [6.07, 6.45) is 1.58. The van der Waals surface area contributed by atoms with Crippen LogP contribution in [-0.4, -0.2) is 57.1 Å². The number of nitrogens with zero attached hydrogens (tertiary/aromatic N) is 2. The molecule has 0 fully saturated rings. The molecule has 0 radical (unpaired) electrons. The normalized spacial score (nSPS) is 12.1. The van der Waals surface area contributed by atoms with Crippen LogP contribution in [0.5, 0.6) is 5.75 Å². The van der Waals surface area contributed by atoms with Gasteiger partial charge in [-0.2, -0.15) is 0 Å². The van der Waals surface area contributed by atoms with Crippen molar-refractivity contribution in [3.05, 3.63) is 94.0 Å². The molecule has 0 aliphatic rings. The quantitative estimate of drug-likeness (QED) is 0.245. The maximum Gasteiger partial charge on any atom is 0.243 e. The summed E-state index contributed by atoms with van der Waals surface area (Å²) in [5, 5.41) is 3.70. The Kier molecular flexibility index (Phi) is 12.1. The second-order valence-electron chi connectivity index (χ2n) is 10.2. The molecule has 42 heavy (non-hydrogen) atoms. The molecule has 0 aliphatic carbocycles. The van der Waals surface area contributed by atoms with E-state index in [2.05, 4.69) is 5.32 Å². The minimum absolute atomic E-state index is 0.00598. The lowest BCUT2D eigenvalue weighted by Gasteiger charge is -2.33. The topological polar surface area (TPSA) is 96.0 Å². The van der Waals surface area contributed by atoms with Gasteiger partial charge in [-0.1, -0.05) is 65.7 Å². The molecule has 11 heteroatoms. The number of rotatable bonds is 14. The highest BCUT2D eigenvalue weighted by Crippen LogP contribution is 2.28. The van der Waals surface area contributed by atoms with Gasteiger partial charge in [0, 0.05) is 53.6 Å². The van der Waals surface area contributed by atoms with Crippen LogP contribution in [0.2, 0.25) is 10.0 Å². The second-order valence-corrected chi connectivity index (χ2v) is 13.0. The molecule has 0 spiro atoms. The molecule has 0 bridgehead atoms. The fraction of sp³-hybridized carbons (Fsp3) is 0.355. The molecule has 0 unspecified atom stereocenters. The average molecular weight is 635 g/mol. The molecule has 8 nitrogen and oxygen atoms in total. The van der Waals surface area contributed by atoms with E-state index in [1.165, 1.54) is 16.3 Å². The van der Waals surface area contributed by atoms with Crippen molar-refractivity contribution >= 4 is 50.7 Å². The third kappa shape index (κ3) is 9.37. The Morgan fingerprint density at radius 3 is 2.19 bits per heavy atom. The van der Waals surface area contributed by atoms with Crippen molar-refractivity contribution in [3.63, 3.8) is 0 Å². The van der Waals surface area contributed by atoms with Crippen molar-refractivity contribution in [1.29, 1.82) is 0 Å². The first-order valence-electron chi connectivity index (χ1n) is 13.6. The van der Waals surface area contributed by atoms with Gasteiger partial charge in [0.05, 0.1) is 19.1 Å². The predicted octanol–water partition coefficient (Wildman–Crippen LogP) is 5.71. The van der Waals surface area contributed by atoms with Crippen LogP contribution in [0.15, 0.2) is 72.8 Å². The van der Waals surface area contributed by atoms with Crippen LogP contribution in [-0.2, 0) is 32.6 Å². The molecule has 0 saturated carbocycles. The number of amides is 2. The maximum atomic E-state index is 13.9. The molecule has 3 rings (SSSR count). The molecular weight excluding hydrogens is 597 g/mol. The van der Waals surface area contributed by atoms with E-state index in [-0.39, 0.29) is 50.2 Å². The summed E-state index contributed by atoms with van der Waals surface area (Å²) in [4.78, 5) is 29.0. The highest BCUT2D eigenvalue weighted by atomic mass is 35.5. The van der Waals surface area contributed by atoms with Gasteiger partial charge >= 0.3 is 0 Å². The number of sulfonamides is 1. The summed E-state index contributed by atoms with van der Waals surface area (Å²) in [7, 11) is -2.15. The highest BCUT2D eigenvalue weighted by Gasteiger charge is 2.31. The number of methoxy groups -OCH3 is 1. The van der Waals surface area contributed by atoms with E-state index < -0.39 is 16.1 Å². The molecule has 1 atom stereocenters. The largest absolute Gasteiger partial charge is 0.497 e. The van der Waals surface area contributed by atoms with Crippen molar-refractivity contribution in [1.82, 2.24) is 10.2 Å². The molecular formula is C31H37Cl2N3O5S. The number of carbonyl (C=O) groups excluding carboxylic acids is 2. The SMILES string of the molecule is COc1cccc(N(CCCC(=O)N(Cc2c(Cl)cccc2Cl)[C@@H](Cc2ccccc2)C(=O)NC(C)C)S(C)(=O)=O)c1. The summed E-state index contributed by atoms with van der Waals surface area (Å²) in [5.74, 6) is -0.121. The zero-order chi connectivity index (χ0) is 30.9. The number of anilines is 1. The Labute approximate surface area is 258 Å². The third-order valence-corrected chi connectivity index (χ3v) is 8.49. The zero-order valence-corrected chi connectivity index (χ0v) is 26.5. The summed E-state index contributed by atoms with van der Waals surface area (Å²) in [6.45, 7) is 3.77. The van der Waals surface area contributed by atoms with Crippen molar-refractivity contribution in [3.8, 4) is 5.75 Å².